The van der Waals surface area contributed by atoms with E-state index < -0.39 is 41.6 Å². The van der Waals surface area contributed by atoms with Crippen molar-refractivity contribution in [2.75, 3.05) is 13.2 Å². The number of hydrogen-bond acceptors (Lipinski definition) is 6. The normalized spacial score (nSPS) is 35.2. The van der Waals surface area contributed by atoms with Crippen molar-refractivity contribution < 1.29 is 29.0 Å². The van der Waals surface area contributed by atoms with E-state index in [9.17, 15) is 19.5 Å². The third kappa shape index (κ3) is 4.20. The largest absolute Gasteiger partial charge is 0.466 e. The number of carbonyl (C=O) groups excluding carboxylic acids is 3. The van der Waals surface area contributed by atoms with Crippen LogP contribution in [0.1, 0.15) is 60.3 Å². The number of nitrogens with one attached hydrogen (secondary N) is 1. The number of nitrogens with zero attached hydrogens (tertiary/aromatic N) is 1. The van der Waals surface area contributed by atoms with Crippen molar-refractivity contribution in [3.05, 3.63) is 0 Å². The Morgan fingerprint density at radius 1 is 1.34 bits per heavy atom. The number of ether oxygens (including phenoxy) is 2. The number of fused-ring (bicyclic) bond motifs is 1. The molecule has 0 radical (unpaired) electrons. The lowest BCUT2D eigenvalue weighted by molar-refractivity contribution is -0.155. The molecular weight excluding hydrogens is 480 g/mol. The molecular formula is C23H37BrN2O6. The first-order chi connectivity index (χ1) is 15.1. The Balaban J connectivity index is 2.05. The fourth-order valence-electron chi connectivity index (χ4n) is 5.92. The summed E-state index contributed by atoms with van der Waals surface area (Å²) in [5, 5.41) is 13.2. The molecule has 0 saturated carbocycles. The molecule has 0 aromatic rings. The maximum Gasteiger partial charge on any atom is 0.312 e. The minimum atomic E-state index is -1.12. The Bertz CT molecular complexity index is 733. The van der Waals surface area contributed by atoms with E-state index in [0.717, 1.165) is 12.8 Å². The lowest BCUT2D eigenvalue weighted by Gasteiger charge is -2.37. The summed E-state index contributed by atoms with van der Waals surface area (Å²) in [6, 6.07) is -1.49. The van der Waals surface area contributed by atoms with Crippen LogP contribution in [-0.4, -0.2) is 75.7 Å². The molecule has 3 aliphatic heterocycles. The lowest BCUT2D eigenvalue weighted by Crippen LogP contribution is -2.59. The van der Waals surface area contributed by atoms with Crippen LogP contribution in [0, 0.1) is 17.8 Å². The molecule has 182 valence electrons. The molecule has 0 aromatic heterocycles. The summed E-state index contributed by atoms with van der Waals surface area (Å²) in [7, 11) is 0. The van der Waals surface area contributed by atoms with Crippen LogP contribution >= 0.6 is 15.9 Å². The van der Waals surface area contributed by atoms with Gasteiger partial charge in [-0.3, -0.25) is 14.4 Å². The highest BCUT2D eigenvalue weighted by molar-refractivity contribution is 9.09. The molecule has 2 N–H and O–H groups in total. The van der Waals surface area contributed by atoms with Gasteiger partial charge in [0.1, 0.15) is 11.6 Å². The Morgan fingerprint density at radius 3 is 2.59 bits per heavy atom. The molecule has 3 saturated heterocycles. The second-order valence-corrected chi connectivity index (χ2v) is 11.0. The highest BCUT2D eigenvalue weighted by Gasteiger charge is 2.77. The average molecular weight is 517 g/mol. The van der Waals surface area contributed by atoms with Crippen LogP contribution < -0.4 is 5.32 Å². The van der Waals surface area contributed by atoms with E-state index in [-0.39, 0.29) is 41.8 Å². The predicted molar refractivity (Wildman–Crippen MR) is 122 cm³/mol. The van der Waals surface area contributed by atoms with Gasteiger partial charge in [0.2, 0.25) is 11.8 Å². The number of aliphatic hydroxyl groups is 1. The fraction of sp³-hybridized carbons (Fsp3) is 0.870. The Morgan fingerprint density at radius 2 is 2.03 bits per heavy atom. The zero-order chi connectivity index (χ0) is 23.8. The van der Waals surface area contributed by atoms with Crippen molar-refractivity contribution in [3.63, 3.8) is 0 Å². The van der Waals surface area contributed by atoms with Gasteiger partial charge >= 0.3 is 5.97 Å². The molecule has 8 nitrogen and oxygen atoms in total. The smallest absolute Gasteiger partial charge is 0.312 e. The Hall–Kier alpha value is -1.19. The molecule has 0 aromatic carbocycles. The van der Waals surface area contributed by atoms with Gasteiger partial charge < -0.3 is 24.8 Å². The highest BCUT2D eigenvalue weighted by atomic mass is 79.9. The molecule has 3 fully saturated rings. The fourth-order valence-corrected chi connectivity index (χ4v) is 6.86. The van der Waals surface area contributed by atoms with Crippen LogP contribution in [0.15, 0.2) is 0 Å². The molecule has 2 amide bonds. The van der Waals surface area contributed by atoms with E-state index in [4.69, 9.17) is 9.47 Å². The molecule has 8 atom stereocenters. The molecule has 1 spiro atoms. The standard InChI is InChI=1S/C23H37BrN2O6/c1-6-8-13(5)25-20(28)19-23-10-15(24)18(32-23)16(22(30)31-7-2)17(23)21(29)26(19)14(11-27)9-12(3)4/h12-19,27H,6-11H2,1-5H3,(H,25,28)/t13?,14-,15?,16+,17-,18+,19+,23-/m1/s1. The minimum Gasteiger partial charge on any atom is -0.466 e. The van der Waals surface area contributed by atoms with Gasteiger partial charge in [0.15, 0.2) is 0 Å². The summed E-state index contributed by atoms with van der Waals surface area (Å²) in [6.07, 6.45) is 2.20. The third-order valence-corrected chi connectivity index (χ3v) is 7.84. The van der Waals surface area contributed by atoms with Crippen LogP contribution in [0.2, 0.25) is 0 Å². The zero-order valence-corrected chi connectivity index (χ0v) is 21.3. The van der Waals surface area contributed by atoms with Gasteiger partial charge in [0.25, 0.3) is 0 Å². The number of halogens is 1. The second-order valence-electron chi connectivity index (χ2n) is 9.83. The maximum absolute atomic E-state index is 13.8. The highest BCUT2D eigenvalue weighted by Crippen LogP contribution is 2.60. The van der Waals surface area contributed by atoms with E-state index in [1.165, 1.54) is 4.90 Å². The van der Waals surface area contributed by atoms with Gasteiger partial charge in [-0.15, -0.1) is 0 Å². The molecule has 2 unspecified atom stereocenters. The van der Waals surface area contributed by atoms with Gasteiger partial charge in [0, 0.05) is 10.9 Å². The van der Waals surface area contributed by atoms with Gasteiger partial charge in [0.05, 0.1) is 37.2 Å². The quantitative estimate of drug-likeness (QED) is 0.340. The number of esters is 1. The summed E-state index contributed by atoms with van der Waals surface area (Å²) in [6.45, 7) is 9.69. The van der Waals surface area contributed by atoms with Crippen LogP contribution in [0.3, 0.4) is 0 Å². The number of carbonyl (C=O) groups is 3. The first-order valence-electron chi connectivity index (χ1n) is 11.8. The number of hydrogen-bond donors (Lipinski definition) is 2. The van der Waals surface area contributed by atoms with Gasteiger partial charge in [-0.1, -0.05) is 43.1 Å². The summed E-state index contributed by atoms with van der Waals surface area (Å²) < 4.78 is 11.7. The van der Waals surface area contributed by atoms with Gasteiger partial charge in [-0.05, 0) is 39.0 Å². The molecule has 3 aliphatic rings. The first kappa shape index (κ1) is 25.4. The van der Waals surface area contributed by atoms with Crippen LogP contribution in [-0.2, 0) is 23.9 Å². The maximum atomic E-state index is 13.8. The Kier molecular flexibility index (Phi) is 7.93. The van der Waals surface area contributed by atoms with Crippen molar-refractivity contribution >= 4 is 33.7 Å². The number of rotatable bonds is 10. The van der Waals surface area contributed by atoms with Crippen molar-refractivity contribution in [3.8, 4) is 0 Å². The first-order valence-corrected chi connectivity index (χ1v) is 12.8. The summed E-state index contributed by atoms with van der Waals surface area (Å²) in [5.74, 6) is -2.40. The second kappa shape index (κ2) is 9.97. The topological polar surface area (TPSA) is 105 Å². The SMILES string of the molecule is CCCC(C)NC(=O)[C@@H]1N([C@@H](CO)CC(C)C)C(=O)[C@H]2[C@H](C(=O)OCC)[C@H]3O[C@@]12CC3Br. The van der Waals surface area contributed by atoms with Gasteiger partial charge in [-0.25, -0.2) is 0 Å². The van der Waals surface area contributed by atoms with Crippen molar-refractivity contribution in [2.45, 2.75) is 95.0 Å². The third-order valence-electron chi connectivity index (χ3n) is 6.99. The summed E-state index contributed by atoms with van der Waals surface area (Å²) in [5.41, 5.74) is -1.12. The molecule has 3 heterocycles. The summed E-state index contributed by atoms with van der Waals surface area (Å²) >= 11 is 3.63. The average Bonchev–Trinajstić information content (AvgIpc) is 3.29. The van der Waals surface area contributed by atoms with Crippen molar-refractivity contribution in [1.29, 1.82) is 0 Å². The molecule has 0 aliphatic carbocycles. The summed E-state index contributed by atoms with van der Waals surface area (Å²) in [4.78, 5) is 41.7. The van der Waals surface area contributed by atoms with E-state index in [1.54, 1.807) is 6.92 Å². The number of aliphatic hydroxyl groups excluding tert-OH is 1. The number of amides is 2. The predicted octanol–water partition coefficient (Wildman–Crippen LogP) is 2.01. The van der Waals surface area contributed by atoms with Crippen molar-refractivity contribution in [1.82, 2.24) is 10.2 Å². The van der Waals surface area contributed by atoms with Gasteiger partial charge in [-0.2, -0.15) is 0 Å². The van der Waals surface area contributed by atoms with E-state index in [2.05, 4.69) is 21.2 Å². The zero-order valence-electron chi connectivity index (χ0n) is 19.7. The lowest BCUT2D eigenvalue weighted by atomic mass is 9.70. The van der Waals surface area contributed by atoms with E-state index >= 15 is 0 Å². The molecule has 9 heteroatoms. The minimum absolute atomic E-state index is 0.0585. The molecule has 32 heavy (non-hydrogen) atoms. The van der Waals surface area contributed by atoms with E-state index in [1.807, 2.05) is 27.7 Å². The molecule has 3 rings (SSSR count). The van der Waals surface area contributed by atoms with Crippen LogP contribution in [0.25, 0.3) is 0 Å². The van der Waals surface area contributed by atoms with Crippen molar-refractivity contribution in [2.24, 2.45) is 17.8 Å². The monoisotopic (exact) mass is 516 g/mol. The molecule has 2 bridgehead atoms. The van der Waals surface area contributed by atoms with Crippen LogP contribution in [0.5, 0.6) is 0 Å². The Labute approximate surface area is 198 Å². The van der Waals surface area contributed by atoms with E-state index in [0.29, 0.717) is 12.8 Å². The number of likely N-dealkylation sites (tertiary alicyclic amines) is 1. The number of alkyl halides is 1. The van der Waals surface area contributed by atoms with Crippen LogP contribution in [0.4, 0.5) is 0 Å².